The molecule has 1 nitrogen and oxygen atoms in total. The molecule has 92 valence electrons. The maximum atomic E-state index is 11.6. The van der Waals surface area contributed by atoms with Gasteiger partial charge in [0.25, 0.3) is 0 Å². The van der Waals surface area contributed by atoms with Crippen LogP contribution in [-0.2, 0) is 4.79 Å². The fourth-order valence-electron chi connectivity index (χ4n) is 1.54. The molecule has 0 radical (unpaired) electrons. The molecule has 2 heteroatoms. The van der Waals surface area contributed by atoms with Gasteiger partial charge in [-0.25, -0.2) is 0 Å². The summed E-state index contributed by atoms with van der Waals surface area (Å²) < 4.78 is 0. The lowest BCUT2D eigenvalue weighted by atomic mass is 10.1. The Morgan fingerprint density at radius 3 is 2.65 bits per heavy atom. The monoisotopic (exact) mass is 248 g/mol. The molecular weight excluding hydrogens is 228 g/mol. The third-order valence-corrected chi connectivity index (χ3v) is 3.58. The minimum absolute atomic E-state index is 0.359. The second-order valence-corrected chi connectivity index (χ2v) is 5.08. The number of carbonyl (C=O) groups excluding carboxylic acids is 1. The van der Waals surface area contributed by atoms with Gasteiger partial charge in [-0.15, -0.1) is 18.3 Å². The van der Waals surface area contributed by atoms with Crippen molar-refractivity contribution in [3.63, 3.8) is 0 Å². The molecule has 0 N–H and O–H groups in total. The molecule has 0 aromatic heterocycles. The highest BCUT2D eigenvalue weighted by molar-refractivity contribution is 8.00. The van der Waals surface area contributed by atoms with Crippen molar-refractivity contribution in [2.75, 3.05) is 5.75 Å². The molecule has 0 amide bonds. The van der Waals surface area contributed by atoms with Crippen molar-refractivity contribution < 1.29 is 4.79 Å². The molecule has 0 aliphatic heterocycles. The van der Waals surface area contributed by atoms with Crippen molar-refractivity contribution >= 4 is 17.5 Å². The van der Waals surface area contributed by atoms with Crippen LogP contribution in [0.25, 0.3) is 0 Å². The predicted molar refractivity (Wildman–Crippen MR) is 75.5 cm³/mol. The van der Waals surface area contributed by atoms with Gasteiger partial charge in [0.1, 0.15) is 5.78 Å². The van der Waals surface area contributed by atoms with Gasteiger partial charge in [-0.3, -0.25) is 4.79 Å². The number of thioether (sulfide) groups is 1. The summed E-state index contributed by atoms with van der Waals surface area (Å²) in [5, 5.41) is 0. The van der Waals surface area contributed by atoms with Crippen LogP contribution in [0.5, 0.6) is 0 Å². The van der Waals surface area contributed by atoms with Crippen LogP contribution in [0.2, 0.25) is 0 Å². The number of unbranched alkanes of at least 4 members (excludes halogenated alkanes) is 3. The largest absolute Gasteiger partial charge is 0.299 e. The zero-order chi connectivity index (χ0) is 12.3. The van der Waals surface area contributed by atoms with E-state index >= 15 is 0 Å². The molecule has 1 rings (SSSR count). The van der Waals surface area contributed by atoms with Gasteiger partial charge in [0.05, 0.1) is 5.75 Å². The summed E-state index contributed by atoms with van der Waals surface area (Å²) in [6.45, 7) is 3.69. The minimum Gasteiger partial charge on any atom is -0.299 e. The zero-order valence-electron chi connectivity index (χ0n) is 10.2. The molecule has 0 heterocycles. The van der Waals surface area contributed by atoms with Gasteiger partial charge < -0.3 is 0 Å². The van der Waals surface area contributed by atoms with E-state index in [1.807, 2.05) is 36.4 Å². The molecule has 0 aliphatic carbocycles. The Bertz CT molecular complexity index is 332. The molecule has 17 heavy (non-hydrogen) atoms. The van der Waals surface area contributed by atoms with Gasteiger partial charge in [0, 0.05) is 11.3 Å². The van der Waals surface area contributed by atoms with Crippen LogP contribution in [0.4, 0.5) is 0 Å². The van der Waals surface area contributed by atoms with Gasteiger partial charge in [0.15, 0.2) is 0 Å². The number of allylic oxidation sites excluding steroid dienone is 1. The van der Waals surface area contributed by atoms with Crippen molar-refractivity contribution in [3.05, 3.63) is 43.0 Å². The van der Waals surface area contributed by atoms with E-state index in [2.05, 4.69) is 6.58 Å². The molecule has 1 aromatic carbocycles. The molecule has 1 aromatic rings. The van der Waals surface area contributed by atoms with E-state index < -0.39 is 0 Å². The number of Topliss-reactive ketones (excluding diaryl/α,β-unsaturated/α-hetero) is 1. The van der Waals surface area contributed by atoms with E-state index in [4.69, 9.17) is 0 Å². The fraction of sp³-hybridized carbons (Fsp3) is 0.400. The predicted octanol–water partition coefficient (Wildman–Crippen LogP) is 4.48. The summed E-state index contributed by atoms with van der Waals surface area (Å²) in [6, 6.07) is 10.1. The van der Waals surface area contributed by atoms with Crippen molar-refractivity contribution in [1.29, 1.82) is 0 Å². The van der Waals surface area contributed by atoms with Crippen LogP contribution in [-0.4, -0.2) is 11.5 Å². The summed E-state index contributed by atoms with van der Waals surface area (Å²) in [5.41, 5.74) is 0. The van der Waals surface area contributed by atoms with E-state index in [0.717, 1.165) is 32.1 Å². The Balaban J connectivity index is 2.07. The van der Waals surface area contributed by atoms with E-state index in [1.54, 1.807) is 11.8 Å². The number of rotatable bonds is 9. The van der Waals surface area contributed by atoms with E-state index in [9.17, 15) is 4.79 Å². The molecule has 0 fully saturated rings. The first kappa shape index (κ1) is 14.0. The first-order valence-corrected chi connectivity index (χ1v) is 7.12. The van der Waals surface area contributed by atoms with Crippen molar-refractivity contribution in [3.8, 4) is 0 Å². The third kappa shape index (κ3) is 7.01. The third-order valence-electron chi connectivity index (χ3n) is 2.51. The van der Waals surface area contributed by atoms with Crippen LogP contribution in [0.1, 0.15) is 32.1 Å². The normalized spacial score (nSPS) is 10.1. The molecule has 0 saturated carbocycles. The Morgan fingerprint density at radius 1 is 1.18 bits per heavy atom. The molecule has 0 atom stereocenters. The topological polar surface area (TPSA) is 17.1 Å². The molecule has 0 aliphatic rings. The number of ketones is 1. The maximum Gasteiger partial charge on any atom is 0.143 e. The van der Waals surface area contributed by atoms with E-state index in [0.29, 0.717) is 11.5 Å². The summed E-state index contributed by atoms with van der Waals surface area (Å²) in [7, 11) is 0. The smallest absolute Gasteiger partial charge is 0.143 e. The minimum atomic E-state index is 0.359. The first-order valence-electron chi connectivity index (χ1n) is 6.13. The summed E-state index contributed by atoms with van der Waals surface area (Å²) in [4.78, 5) is 12.8. The highest BCUT2D eigenvalue weighted by atomic mass is 32.2. The van der Waals surface area contributed by atoms with Gasteiger partial charge in [0.2, 0.25) is 0 Å². The van der Waals surface area contributed by atoms with E-state index in [-0.39, 0.29) is 0 Å². The Kier molecular flexibility index (Phi) is 7.48. The summed E-state index contributed by atoms with van der Waals surface area (Å²) in [6.07, 6.45) is 7.02. The lowest BCUT2D eigenvalue weighted by molar-refractivity contribution is -0.116. The highest BCUT2D eigenvalue weighted by Crippen LogP contribution is 2.17. The second kappa shape index (κ2) is 9.06. The Morgan fingerprint density at radius 2 is 1.94 bits per heavy atom. The van der Waals surface area contributed by atoms with Crippen LogP contribution in [0.15, 0.2) is 47.9 Å². The highest BCUT2D eigenvalue weighted by Gasteiger charge is 2.02. The van der Waals surface area contributed by atoms with Crippen LogP contribution >= 0.6 is 11.8 Å². The van der Waals surface area contributed by atoms with Gasteiger partial charge in [-0.1, -0.05) is 30.7 Å². The van der Waals surface area contributed by atoms with Crippen LogP contribution in [0, 0.1) is 0 Å². The molecule has 0 bridgehead atoms. The standard InChI is InChI=1S/C15H20OS/c1-2-3-4-5-7-10-14(16)13-17-15-11-8-6-9-12-15/h2,6,8-9,11-12H,1,3-5,7,10,13H2. The average molecular weight is 248 g/mol. The Hall–Kier alpha value is -1.02. The number of hydrogen-bond donors (Lipinski definition) is 0. The van der Waals surface area contributed by atoms with Crippen LogP contribution < -0.4 is 0 Å². The average Bonchev–Trinajstić information content (AvgIpc) is 2.37. The number of carbonyl (C=O) groups is 1. The fourth-order valence-corrected chi connectivity index (χ4v) is 2.36. The molecular formula is C15H20OS. The van der Waals surface area contributed by atoms with Gasteiger partial charge in [-0.05, 0) is 31.4 Å². The van der Waals surface area contributed by atoms with E-state index in [1.165, 1.54) is 4.90 Å². The number of hydrogen-bond acceptors (Lipinski definition) is 2. The lowest BCUT2D eigenvalue weighted by Crippen LogP contribution is -2.00. The Labute approximate surface area is 108 Å². The zero-order valence-corrected chi connectivity index (χ0v) is 11.0. The quantitative estimate of drug-likeness (QED) is 0.364. The molecule has 0 spiro atoms. The molecule has 0 saturated heterocycles. The van der Waals surface area contributed by atoms with Crippen molar-refractivity contribution in [2.24, 2.45) is 0 Å². The number of benzene rings is 1. The SMILES string of the molecule is C=CCCCCCC(=O)CSc1ccccc1. The van der Waals surface area contributed by atoms with Crippen LogP contribution in [0.3, 0.4) is 0 Å². The first-order chi connectivity index (χ1) is 8.33. The second-order valence-electron chi connectivity index (χ2n) is 4.03. The summed E-state index contributed by atoms with van der Waals surface area (Å²) >= 11 is 1.63. The van der Waals surface area contributed by atoms with Gasteiger partial charge in [-0.2, -0.15) is 0 Å². The molecule has 0 unspecified atom stereocenters. The van der Waals surface area contributed by atoms with Gasteiger partial charge >= 0.3 is 0 Å². The maximum absolute atomic E-state index is 11.6. The van der Waals surface area contributed by atoms with Crippen molar-refractivity contribution in [1.82, 2.24) is 0 Å². The lowest BCUT2D eigenvalue weighted by Gasteiger charge is -2.01. The summed E-state index contributed by atoms with van der Waals surface area (Å²) in [5.74, 6) is 0.961. The van der Waals surface area contributed by atoms with Crippen molar-refractivity contribution in [2.45, 2.75) is 37.0 Å².